The zero-order chi connectivity index (χ0) is 19.4. The average Bonchev–Trinajstić information content (AvgIpc) is 2.59. The Labute approximate surface area is 163 Å². The maximum absolute atomic E-state index is 13.4. The van der Waals surface area contributed by atoms with Crippen LogP contribution in [0.2, 0.25) is 5.02 Å². The fourth-order valence-corrected chi connectivity index (χ4v) is 3.57. The molecule has 27 heavy (non-hydrogen) atoms. The highest BCUT2D eigenvalue weighted by atomic mass is 35.5. The van der Waals surface area contributed by atoms with Crippen LogP contribution in [0.3, 0.4) is 0 Å². The molecule has 2 aromatic carbocycles. The Balaban J connectivity index is 1.73. The molecule has 0 spiro atoms. The predicted molar refractivity (Wildman–Crippen MR) is 105 cm³/mol. The Morgan fingerprint density at radius 1 is 1.15 bits per heavy atom. The third-order valence-electron chi connectivity index (χ3n) is 5.00. The number of amides is 2. The number of nitrogens with one attached hydrogen (secondary N) is 2. The number of benzene rings is 2. The van der Waals surface area contributed by atoms with Crippen molar-refractivity contribution in [2.75, 3.05) is 11.9 Å². The standard InChI is InChI=1S/C21H22ClFN2O2/c1-2-10-24-20(27)21(8-3-9-21)15-4-6-18(7-5-15)25-19(26)14-11-16(22)13-17(23)12-14/h4-7,11-13H,2-3,8-10H2,1H3,(H,24,27)(H,25,26). The summed E-state index contributed by atoms with van der Waals surface area (Å²) in [6.07, 6.45) is 3.58. The molecule has 0 atom stereocenters. The Kier molecular flexibility index (Phi) is 5.80. The second kappa shape index (κ2) is 8.09. The summed E-state index contributed by atoms with van der Waals surface area (Å²) in [5.41, 5.74) is 1.22. The topological polar surface area (TPSA) is 58.2 Å². The summed E-state index contributed by atoms with van der Waals surface area (Å²) >= 11 is 5.80. The SMILES string of the molecule is CCCNC(=O)C1(c2ccc(NC(=O)c3cc(F)cc(Cl)c3)cc2)CCC1. The molecule has 0 unspecified atom stereocenters. The Bertz CT molecular complexity index is 828. The highest BCUT2D eigenvalue weighted by molar-refractivity contribution is 6.31. The third kappa shape index (κ3) is 4.14. The zero-order valence-corrected chi connectivity index (χ0v) is 15.9. The fourth-order valence-electron chi connectivity index (χ4n) is 3.35. The third-order valence-corrected chi connectivity index (χ3v) is 5.22. The molecular formula is C21H22ClFN2O2. The van der Waals surface area contributed by atoms with Crippen molar-refractivity contribution >= 4 is 29.1 Å². The van der Waals surface area contributed by atoms with Gasteiger partial charge in [0.1, 0.15) is 5.82 Å². The van der Waals surface area contributed by atoms with Crippen molar-refractivity contribution in [1.82, 2.24) is 5.32 Å². The van der Waals surface area contributed by atoms with Crippen molar-refractivity contribution in [3.8, 4) is 0 Å². The minimum absolute atomic E-state index is 0.0711. The van der Waals surface area contributed by atoms with Gasteiger partial charge in [-0.05, 0) is 55.2 Å². The minimum atomic E-state index is -0.562. The van der Waals surface area contributed by atoms with Gasteiger partial charge >= 0.3 is 0 Å². The number of halogens is 2. The van der Waals surface area contributed by atoms with Gasteiger partial charge in [0.15, 0.2) is 0 Å². The van der Waals surface area contributed by atoms with Crippen molar-refractivity contribution in [3.63, 3.8) is 0 Å². The molecule has 1 fully saturated rings. The number of carbonyl (C=O) groups excluding carboxylic acids is 2. The summed E-state index contributed by atoms with van der Waals surface area (Å²) in [6, 6.07) is 11.0. The molecule has 3 rings (SSSR count). The lowest BCUT2D eigenvalue weighted by molar-refractivity contribution is -0.129. The molecule has 2 aromatic rings. The van der Waals surface area contributed by atoms with Crippen molar-refractivity contribution in [2.45, 2.75) is 38.0 Å². The molecule has 0 bridgehead atoms. The molecule has 1 saturated carbocycles. The largest absolute Gasteiger partial charge is 0.355 e. The molecule has 2 amide bonds. The van der Waals surface area contributed by atoms with E-state index in [9.17, 15) is 14.0 Å². The molecule has 0 saturated heterocycles. The van der Waals surface area contributed by atoms with Crippen molar-refractivity contribution in [3.05, 3.63) is 64.4 Å². The van der Waals surface area contributed by atoms with Gasteiger partial charge in [-0.2, -0.15) is 0 Å². The number of hydrogen-bond acceptors (Lipinski definition) is 2. The van der Waals surface area contributed by atoms with Gasteiger partial charge in [-0.25, -0.2) is 4.39 Å². The van der Waals surface area contributed by atoms with E-state index in [0.717, 1.165) is 43.4 Å². The maximum atomic E-state index is 13.4. The summed E-state index contributed by atoms with van der Waals surface area (Å²) < 4.78 is 13.4. The molecule has 0 radical (unpaired) electrons. The molecular weight excluding hydrogens is 367 g/mol. The Morgan fingerprint density at radius 2 is 1.85 bits per heavy atom. The first-order valence-electron chi connectivity index (χ1n) is 9.11. The summed E-state index contributed by atoms with van der Waals surface area (Å²) in [7, 11) is 0. The second-order valence-corrected chi connectivity index (χ2v) is 7.32. The number of carbonyl (C=O) groups is 2. The molecule has 2 N–H and O–H groups in total. The number of anilines is 1. The summed E-state index contributed by atoms with van der Waals surface area (Å²) in [4.78, 5) is 24.9. The van der Waals surface area contributed by atoms with Gasteiger partial charge in [-0.1, -0.05) is 37.1 Å². The molecule has 0 aromatic heterocycles. The lowest BCUT2D eigenvalue weighted by atomic mass is 9.64. The van der Waals surface area contributed by atoms with E-state index in [1.165, 1.54) is 6.07 Å². The first-order chi connectivity index (χ1) is 12.9. The first kappa shape index (κ1) is 19.4. The smallest absolute Gasteiger partial charge is 0.255 e. The highest BCUT2D eigenvalue weighted by Gasteiger charge is 2.45. The van der Waals surface area contributed by atoms with Crippen LogP contribution in [0.15, 0.2) is 42.5 Å². The van der Waals surface area contributed by atoms with Gasteiger partial charge in [-0.3, -0.25) is 9.59 Å². The van der Waals surface area contributed by atoms with Crippen LogP contribution in [0.4, 0.5) is 10.1 Å². The van der Waals surface area contributed by atoms with Crippen molar-refractivity contribution in [2.24, 2.45) is 0 Å². The van der Waals surface area contributed by atoms with Crippen LogP contribution in [-0.2, 0) is 10.2 Å². The zero-order valence-electron chi connectivity index (χ0n) is 15.1. The molecule has 4 nitrogen and oxygen atoms in total. The van der Waals surface area contributed by atoms with Gasteiger partial charge in [-0.15, -0.1) is 0 Å². The predicted octanol–water partition coefficient (Wildman–Crippen LogP) is 4.68. The molecule has 1 aliphatic carbocycles. The van der Waals surface area contributed by atoms with Crippen LogP contribution in [-0.4, -0.2) is 18.4 Å². The van der Waals surface area contributed by atoms with Crippen LogP contribution in [0.1, 0.15) is 48.5 Å². The van der Waals surface area contributed by atoms with E-state index in [4.69, 9.17) is 11.6 Å². The van der Waals surface area contributed by atoms with E-state index in [1.807, 2.05) is 19.1 Å². The minimum Gasteiger partial charge on any atom is -0.355 e. The van der Waals surface area contributed by atoms with Crippen LogP contribution in [0.5, 0.6) is 0 Å². The molecule has 0 aliphatic heterocycles. The van der Waals surface area contributed by atoms with E-state index < -0.39 is 17.1 Å². The maximum Gasteiger partial charge on any atom is 0.255 e. The van der Waals surface area contributed by atoms with Gasteiger partial charge in [0.05, 0.1) is 5.41 Å². The Morgan fingerprint density at radius 3 is 2.41 bits per heavy atom. The van der Waals surface area contributed by atoms with Gasteiger partial charge in [0.25, 0.3) is 5.91 Å². The molecule has 1 aliphatic rings. The quantitative estimate of drug-likeness (QED) is 0.754. The van der Waals surface area contributed by atoms with E-state index in [-0.39, 0.29) is 16.5 Å². The van der Waals surface area contributed by atoms with Crippen molar-refractivity contribution < 1.29 is 14.0 Å². The van der Waals surface area contributed by atoms with Crippen LogP contribution in [0.25, 0.3) is 0 Å². The monoisotopic (exact) mass is 388 g/mol. The summed E-state index contributed by atoms with van der Waals surface area (Å²) in [5.74, 6) is -0.932. The van der Waals surface area contributed by atoms with Crippen LogP contribution in [0, 0.1) is 5.82 Å². The first-order valence-corrected chi connectivity index (χ1v) is 9.49. The summed E-state index contributed by atoms with van der Waals surface area (Å²) in [6.45, 7) is 2.70. The fraction of sp³-hybridized carbons (Fsp3) is 0.333. The van der Waals surface area contributed by atoms with E-state index in [2.05, 4.69) is 10.6 Å². The van der Waals surface area contributed by atoms with Crippen molar-refractivity contribution in [1.29, 1.82) is 0 Å². The second-order valence-electron chi connectivity index (χ2n) is 6.88. The van der Waals surface area contributed by atoms with Crippen LogP contribution >= 0.6 is 11.6 Å². The number of rotatable bonds is 6. The molecule has 6 heteroatoms. The molecule has 0 heterocycles. The van der Waals surface area contributed by atoms with E-state index in [1.54, 1.807) is 12.1 Å². The summed E-state index contributed by atoms with van der Waals surface area (Å²) in [5, 5.41) is 5.89. The lowest BCUT2D eigenvalue weighted by Crippen LogP contribution is -2.49. The average molecular weight is 389 g/mol. The Hall–Kier alpha value is -2.40. The number of hydrogen-bond donors (Lipinski definition) is 2. The van der Waals surface area contributed by atoms with Crippen LogP contribution < -0.4 is 10.6 Å². The van der Waals surface area contributed by atoms with Gasteiger partial charge < -0.3 is 10.6 Å². The van der Waals surface area contributed by atoms with Gasteiger partial charge in [0.2, 0.25) is 5.91 Å². The van der Waals surface area contributed by atoms with E-state index >= 15 is 0 Å². The van der Waals surface area contributed by atoms with Gasteiger partial charge in [0, 0.05) is 22.8 Å². The highest BCUT2D eigenvalue weighted by Crippen LogP contribution is 2.44. The normalized spacial score (nSPS) is 14.9. The molecule has 142 valence electrons. The lowest BCUT2D eigenvalue weighted by Gasteiger charge is -2.40. The van der Waals surface area contributed by atoms with E-state index in [0.29, 0.717) is 12.2 Å².